The zero-order chi connectivity index (χ0) is 16.4. The van der Waals surface area contributed by atoms with Gasteiger partial charge in [-0.3, -0.25) is 0 Å². The maximum atomic E-state index is 6.08. The summed E-state index contributed by atoms with van der Waals surface area (Å²) in [6.07, 6.45) is 3.57. The molecule has 0 spiro atoms. The molecule has 0 aliphatic carbocycles. The number of aryl methyl sites for hydroxylation is 3. The van der Waals surface area contributed by atoms with Gasteiger partial charge in [-0.1, -0.05) is 25.5 Å². The molecule has 2 heterocycles. The normalized spacial score (nSPS) is 11.1. The van der Waals surface area contributed by atoms with Gasteiger partial charge < -0.3 is 5.32 Å². The Morgan fingerprint density at radius 2 is 1.87 bits per heavy atom. The van der Waals surface area contributed by atoms with Gasteiger partial charge in [-0.25, -0.2) is 4.98 Å². The number of hydrogen-bond acceptors (Lipinski definition) is 4. The summed E-state index contributed by atoms with van der Waals surface area (Å²) in [5.41, 5.74) is 3.60. The Morgan fingerprint density at radius 1 is 1.13 bits per heavy atom. The zero-order valence-corrected chi connectivity index (χ0v) is 15.2. The lowest BCUT2D eigenvalue weighted by molar-refractivity contribution is 0.795. The number of halogens is 1. The maximum Gasteiger partial charge on any atom is 0.225 e. The number of nitrogens with one attached hydrogen (secondary N) is 1. The van der Waals surface area contributed by atoms with Gasteiger partial charge in [0.15, 0.2) is 0 Å². The zero-order valence-electron chi connectivity index (χ0n) is 13.6. The van der Waals surface area contributed by atoms with E-state index in [2.05, 4.69) is 60.3 Å². The standard InChI is InChI=1S/C18H20ClN3S/c1-4-5-6-13-7-9-14(10-8-13)20-16-15-11(2)12(3)23-17(15)22-18(19)21-16/h7-10H,4-6H2,1-3H3,(H,20,21,22). The number of rotatable bonds is 5. The first-order valence-electron chi connectivity index (χ1n) is 7.87. The van der Waals surface area contributed by atoms with Crippen LogP contribution in [0.4, 0.5) is 11.5 Å². The molecule has 3 nitrogen and oxygen atoms in total. The molecule has 0 saturated carbocycles. The van der Waals surface area contributed by atoms with E-state index in [0.29, 0.717) is 0 Å². The van der Waals surface area contributed by atoms with Crippen LogP contribution < -0.4 is 5.32 Å². The van der Waals surface area contributed by atoms with Crippen molar-refractivity contribution in [3.05, 3.63) is 45.6 Å². The Hall–Kier alpha value is -1.65. The molecule has 0 unspecified atom stereocenters. The molecule has 5 heteroatoms. The average molecular weight is 346 g/mol. The smallest absolute Gasteiger partial charge is 0.225 e. The molecule has 0 aliphatic rings. The van der Waals surface area contributed by atoms with E-state index < -0.39 is 0 Å². The molecule has 23 heavy (non-hydrogen) atoms. The molecule has 0 saturated heterocycles. The first-order chi connectivity index (χ1) is 11.1. The van der Waals surface area contributed by atoms with E-state index in [0.717, 1.165) is 28.1 Å². The van der Waals surface area contributed by atoms with Crippen molar-refractivity contribution in [3.63, 3.8) is 0 Å². The highest BCUT2D eigenvalue weighted by Gasteiger charge is 2.14. The van der Waals surface area contributed by atoms with Gasteiger partial charge in [0.05, 0.1) is 5.39 Å². The molecule has 0 atom stereocenters. The third kappa shape index (κ3) is 3.48. The molecule has 0 radical (unpaired) electrons. The molecular formula is C18H20ClN3S. The molecule has 0 aliphatic heterocycles. The fraction of sp³-hybridized carbons (Fsp3) is 0.333. The van der Waals surface area contributed by atoms with Gasteiger partial charge in [-0.05, 0) is 61.5 Å². The number of anilines is 2. The monoisotopic (exact) mass is 345 g/mol. The molecule has 1 aromatic carbocycles. The third-order valence-corrected chi connectivity index (χ3v) is 5.31. The third-order valence-electron chi connectivity index (χ3n) is 4.04. The number of aromatic nitrogens is 2. The van der Waals surface area contributed by atoms with Crippen LogP contribution in [0.25, 0.3) is 10.2 Å². The molecule has 3 rings (SSSR count). The lowest BCUT2D eigenvalue weighted by Gasteiger charge is -2.09. The van der Waals surface area contributed by atoms with Crippen LogP contribution in [-0.2, 0) is 6.42 Å². The average Bonchev–Trinajstić information content (AvgIpc) is 2.81. The van der Waals surface area contributed by atoms with Gasteiger partial charge in [0, 0.05) is 10.6 Å². The Labute approximate surface area is 145 Å². The number of fused-ring (bicyclic) bond motifs is 1. The number of hydrogen-bond donors (Lipinski definition) is 1. The van der Waals surface area contributed by atoms with Crippen LogP contribution in [0.1, 0.15) is 35.8 Å². The topological polar surface area (TPSA) is 37.8 Å². The van der Waals surface area contributed by atoms with Crippen molar-refractivity contribution in [1.29, 1.82) is 0 Å². The molecule has 0 fully saturated rings. The summed E-state index contributed by atoms with van der Waals surface area (Å²) >= 11 is 7.73. The van der Waals surface area contributed by atoms with Crippen LogP contribution in [0.15, 0.2) is 24.3 Å². The van der Waals surface area contributed by atoms with Crippen molar-refractivity contribution in [2.24, 2.45) is 0 Å². The highest BCUT2D eigenvalue weighted by atomic mass is 35.5. The molecule has 0 bridgehead atoms. The number of unbranched alkanes of at least 4 members (excludes halogenated alkanes) is 1. The first-order valence-corrected chi connectivity index (χ1v) is 9.07. The number of benzene rings is 1. The molecule has 1 N–H and O–H groups in total. The van der Waals surface area contributed by atoms with Crippen LogP contribution in [0.3, 0.4) is 0 Å². The van der Waals surface area contributed by atoms with Gasteiger partial charge in [0.1, 0.15) is 10.6 Å². The Bertz CT molecular complexity index is 824. The van der Waals surface area contributed by atoms with E-state index in [1.165, 1.54) is 28.8 Å². The summed E-state index contributed by atoms with van der Waals surface area (Å²) in [5.74, 6) is 0.781. The molecule has 120 valence electrons. The highest BCUT2D eigenvalue weighted by Crippen LogP contribution is 2.35. The van der Waals surface area contributed by atoms with Crippen molar-refractivity contribution >= 4 is 44.7 Å². The number of nitrogens with zero attached hydrogens (tertiary/aromatic N) is 2. The van der Waals surface area contributed by atoms with Crippen molar-refractivity contribution in [1.82, 2.24) is 9.97 Å². The Balaban J connectivity index is 1.92. The second kappa shape index (κ2) is 6.85. The van der Waals surface area contributed by atoms with Gasteiger partial charge in [0.2, 0.25) is 5.28 Å². The van der Waals surface area contributed by atoms with Gasteiger partial charge >= 0.3 is 0 Å². The lowest BCUT2D eigenvalue weighted by atomic mass is 10.1. The molecule has 0 amide bonds. The van der Waals surface area contributed by atoms with E-state index in [4.69, 9.17) is 11.6 Å². The minimum atomic E-state index is 0.279. The number of thiophene rings is 1. The van der Waals surface area contributed by atoms with Crippen molar-refractivity contribution in [2.75, 3.05) is 5.32 Å². The summed E-state index contributed by atoms with van der Waals surface area (Å²) in [6, 6.07) is 8.54. The summed E-state index contributed by atoms with van der Waals surface area (Å²) < 4.78 is 0. The van der Waals surface area contributed by atoms with Crippen molar-refractivity contribution in [2.45, 2.75) is 40.0 Å². The molecule has 3 aromatic rings. The Morgan fingerprint density at radius 3 is 2.57 bits per heavy atom. The van der Waals surface area contributed by atoms with E-state index in [-0.39, 0.29) is 5.28 Å². The second-order valence-electron chi connectivity index (χ2n) is 5.73. The maximum absolute atomic E-state index is 6.08. The van der Waals surface area contributed by atoms with E-state index in [9.17, 15) is 0 Å². The Kier molecular flexibility index (Phi) is 4.83. The van der Waals surface area contributed by atoms with Crippen LogP contribution in [0.2, 0.25) is 5.28 Å². The van der Waals surface area contributed by atoms with E-state index in [1.807, 2.05) is 0 Å². The minimum absolute atomic E-state index is 0.279. The molecule has 2 aromatic heterocycles. The van der Waals surface area contributed by atoms with Crippen LogP contribution in [0, 0.1) is 13.8 Å². The van der Waals surface area contributed by atoms with Crippen molar-refractivity contribution in [3.8, 4) is 0 Å². The lowest BCUT2D eigenvalue weighted by Crippen LogP contribution is -1.97. The summed E-state index contributed by atoms with van der Waals surface area (Å²) in [5, 5.41) is 4.74. The predicted molar refractivity (Wildman–Crippen MR) is 100 cm³/mol. The fourth-order valence-corrected chi connectivity index (χ4v) is 3.83. The van der Waals surface area contributed by atoms with Crippen LogP contribution in [0.5, 0.6) is 0 Å². The highest BCUT2D eigenvalue weighted by molar-refractivity contribution is 7.18. The van der Waals surface area contributed by atoms with Gasteiger partial charge in [-0.15, -0.1) is 11.3 Å². The fourth-order valence-electron chi connectivity index (χ4n) is 2.59. The SMILES string of the molecule is CCCCc1ccc(Nc2nc(Cl)nc3sc(C)c(C)c23)cc1. The molecular weight excluding hydrogens is 326 g/mol. The summed E-state index contributed by atoms with van der Waals surface area (Å²) in [6.45, 7) is 6.41. The minimum Gasteiger partial charge on any atom is -0.340 e. The van der Waals surface area contributed by atoms with Gasteiger partial charge in [-0.2, -0.15) is 4.98 Å². The van der Waals surface area contributed by atoms with E-state index >= 15 is 0 Å². The summed E-state index contributed by atoms with van der Waals surface area (Å²) in [4.78, 5) is 10.9. The quantitative estimate of drug-likeness (QED) is 0.572. The predicted octanol–water partition coefficient (Wildman–Crippen LogP) is 6.05. The van der Waals surface area contributed by atoms with Crippen LogP contribution >= 0.6 is 22.9 Å². The summed E-state index contributed by atoms with van der Waals surface area (Å²) in [7, 11) is 0. The van der Waals surface area contributed by atoms with Gasteiger partial charge in [0.25, 0.3) is 0 Å². The van der Waals surface area contributed by atoms with E-state index in [1.54, 1.807) is 11.3 Å². The van der Waals surface area contributed by atoms with Crippen LogP contribution in [-0.4, -0.2) is 9.97 Å². The largest absolute Gasteiger partial charge is 0.340 e. The van der Waals surface area contributed by atoms with Crippen molar-refractivity contribution < 1.29 is 0 Å². The second-order valence-corrected chi connectivity index (χ2v) is 7.27. The first kappa shape index (κ1) is 16.2.